The van der Waals surface area contributed by atoms with Crippen molar-refractivity contribution in [3.8, 4) is 0 Å². The minimum atomic E-state index is 0.0375. The standard InChI is InChI=1S/C11H12N6S/c1-7(10-16-14-6-17(10)2)15-9-8-3-4-18-11(8)13-5-12-9/h3-7H,1-2H3,(H,12,13,15)/t7-/m1/s1. The second kappa shape index (κ2) is 4.34. The highest BCUT2D eigenvalue weighted by atomic mass is 32.1. The molecule has 3 aromatic heterocycles. The molecule has 3 rings (SSSR count). The van der Waals surface area contributed by atoms with E-state index in [2.05, 4.69) is 25.5 Å². The SMILES string of the molecule is C[C@@H](Nc1ncnc2sccc12)c1nncn1C. The van der Waals surface area contributed by atoms with Gasteiger partial charge >= 0.3 is 0 Å². The summed E-state index contributed by atoms with van der Waals surface area (Å²) in [6, 6.07) is 2.06. The first kappa shape index (κ1) is 11.1. The Morgan fingerprint density at radius 3 is 3.06 bits per heavy atom. The molecule has 1 atom stereocenters. The first-order chi connectivity index (χ1) is 8.75. The van der Waals surface area contributed by atoms with Crippen molar-refractivity contribution in [1.82, 2.24) is 24.7 Å². The van der Waals surface area contributed by atoms with Crippen molar-refractivity contribution in [1.29, 1.82) is 0 Å². The molecule has 0 saturated heterocycles. The van der Waals surface area contributed by atoms with Gasteiger partial charge in [-0.2, -0.15) is 0 Å². The van der Waals surface area contributed by atoms with Crippen LogP contribution in [-0.4, -0.2) is 24.7 Å². The van der Waals surface area contributed by atoms with Gasteiger partial charge in [-0.1, -0.05) is 0 Å². The minimum absolute atomic E-state index is 0.0375. The third-order valence-electron chi connectivity index (χ3n) is 2.75. The molecule has 6 nitrogen and oxygen atoms in total. The van der Waals surface area contributed by atoms with Crippen LogP contribution in [0.3, 0.4) is 0 Å². The number of aryl methyl sites for hydroxylation is 1. The fourth-order valence-corrected chi connectivity index (χ4v) is 2.59. The molecule has 0 radical (unpaired) electrons. The summed E-state index contributed by atoms with van der Waals surface area (Å²) < 4.78 is 1.89. The summed E-state index contributed by atoms with van der Waals surface area (Å²) in [4.78, 5) is 9.49. The van der Waals surface area contributed by atoms with E-state index in [0.717, 1.165) is 21.9 Å². The average molecular weight is 260 g/mol. The third kappa shape index (κ3) is 1.82. The Kier molecular flexibility index (Phi) is 2.67. The summed E-state index contributed by atoms with van der Waals surface area (Å²) in [5.74, 6) is 1.70. The monoisotopic (exact) mass is 260 g/mol. The van der Waals surface area contributed by atoms with E-state index in [-0.39, 0.29) is 6.04 Å². The van der Waals surface area contributed by atoms with Crippen LogP contribution >= 0.6 is 11.3 Å². The second-order valence-corrected chi connectivity index (χ2v) is 4.92. The summed E-state index contributed by atoms with van der Waals surface area (Å²) in [6.07, 6.45) is 3.26. The highest BCUT2D eigenvalue weighted by Gasteiger charge is 2.13. The van der Waals surface area contributed by atoms with E-state index >= 15 is 0 Å². The lowest BCUT2D eigenvalue weighted by atomic mass is 10.3. The summed E-state index contributed by atoms with van der Waals surface area (Å²) in [6.45, 7) is 2.03. The molecule has 3 heterocycles. The summed E-state index contributed by atoms with van der Waals surface area (Å²) in [5.41, 5.74) is 0. The molecule has 1 N–H and O–H groups in total. The second-order valence-electron chi connectivity index (χ2n) is 4.03. The molecule has 0 aromatic carbocycles. The molecule has 3 aromatic rings. The molecule has 0 saturated carbocycles. The summed E-state index contributed by atoms with van der Waals surface area (Å²) in [7, 11) is 1.92. The van der Waals surface area contributed by atoms with Crippen LogP contribution in [0.15, 0.2) is 24.1 Å². The van der Waals surface area contributed by atoms with Gasteiger partial charge in [-0.05, 0) is 18.4 Å². The van der Waals surface area contributed by atoms with Crippen LogP contribution in [-0.2, 0) is 7.05 Å². The number of thiophene rings is 1. The van der Waals surface area contributed by atoms with Gasteiger partial charge < -0.3 is 9.88 Å². The van der Waals surface area contributed by atoms with Gasteiger partial charge in [0, 0.05) is 7.05 Å². The predicted octanol–water partition coefficient (Wildman–Crippen LogP) is 1.99. The van der Waals surface area contributed by atoms with Crippen LogP contribution in [0.2, 0.25) is 0 Å². The molecule has 7 heteroatoms. The summed E-state index contributed by atoms with van der Waals surface area (Å²) in [5, 5.41) is 14.4. The number of nitrogens with zero attached hydrogens (tertiary/aromatic N) is 5. The van der Waals surface area contributed by atoms with Gasteiger partial charge in [0.15, 0.2) is 5.82 Å². The maximum absolute atomic E-state index is 4.29. The largest absolute Gasteiger partial charge is 0.360 e. The molecule has 0 aliphatic rings. The van der Waals surface area contributed by atoms with E-state index in [1.165, 1.54) is 0 Å². The lowest BCUT2D eigenvalue weighted by Gasteiger charge is -2.13. The molecule has 0 aliphatic carbocycles. The van der Waals surface area contributed by atoms with Gasteiger partial charge in [-0.15, -0.1) is 21.5 Å². The van der Waals surface area contributed by atoms with E-state index < -0.39 is 0 Å². The number of hydrogen-bond donors (Lipinski definition) is 1. The van der Waals surface area contributed by atoms with Crippen molar-refractivity contribution in [2.75, 3.05) is 5.32 Å². The number of fused-ring (bicyclic) bond motifs is 1. The average Bonchev–Trinajstić information content (AvgIpc) is 2.97. The Bertz CT molecular complexity index is 673. The van der Waals surface area contributed by atoms with Gasteiger partial charge in [0.2, 0.25) is 0 Å². The van der Waals surface area contributed by atoms with Gasteiger partial charge in [-0.3, -0.25) is 0 Å². The van der Waals surface area contributed by atoms with Crippen LogP contribution in [0, 0.1) is 0 Å². The van der Waals surface area contributed by atoms with Crippen LogP contribution in [0.5, 0.6) is 0 Å². The zero-order valence-electron chi connectivity index (χ0n) is 10.0. The first-order valence-electron chi connectivity index (χ1n) is 5.54. The smallest absolute Gasteiger partial charge is 0.154 e. The van der Waals surface area contributed by atoms with Crippen LogP contribution in [0.4, 0.5) is 5.82 Å². The van der Waals surface area contributed by atoms with Gasteiger partial charge in [-0.25, -0.2) is 9.97 Å². The summed E-state index contributed by atoms with van der Waals surface area (Å²) >= 11 is 1.60. The number of anilines is 1. The van der Waals surface area contributed by atoms with Gasteiger partial charge in [0.25, 0.3) is 0 Å². The highest BCUT2D eigenvalue weighted by molar-refractivity contribution is 7.16. The quantitative estimate of drug-likeness (QED) is 0.780. The zero-order valence-corrected chi connectivity index (χ0v) is 10.8. The van der Waals surface area contributed by atoms with E-state index in [1.54, 1.807) is 24.0 Å². The van der Waals surface area contributed by atoms with Crippen molar-refractivity contribution in [3.63, 3.8) is 0 Å². The van der Waals surface area contributed by atoms with Gasteiger partial charge in [0.1, 0.15) is 23.3 Å². The van der Waals surface area contributed by atoms with Crippen molar-refractivity contribution >= 4 is 27.4 Å². The van der Waals surface area contributed by atoms with Crippen molar-refractivity contribution in [2.45, 2.75) is 13.0 Å². The Hall–Kier alpha value is -2.02. The molecule has 18 heavy (non-hydrogen) atoms. The molecule has 0 unspecified atom stereocenters. The lowest BCUT2D eigenvalue weighted by molar-refractivity contribution is 0.717. The molecular weight excluding hydrogens is 248 g/mol. The number of nitrogens with one attached hydrogen (secondary N) is 1. The van der Waals surface area contributed by atoms with E-state index in [4.69, 9.17) is 0 Å². The topological polar surface area (TPSA) is 68.5 Å². The van der Waals surface area contributed by atoms with E-state index in [9.17, 15) is 0 Å². The van der Waals surface area contributed by atoms with Crippen molar-refractivity contribution in [3.05, 3.63) is 29.9 Å². The Morgan fingerprint density at radius 2 is 2.28 bits per heavy atom. The fraction of sp³-hybridized carbons (Fsp3) is 0.273. The first-order valence-corrected chi connectivity index (χ1v) is 6.42. The van der Waals surface area contributed by atoms with Crippen molar-refractivity contribution < 1.29 is 0 Å². The predicted molar refractivity (Wildman–Crippen MR) is 70.5 cm³/mol. The third-order valence-corrected chi connectivity index (χ3v) is 3.57. The Morgan fingerprint density at radius 1 is 1.39 bits per heavy atom. The fourth-order valence-electron chi connectivity index (χ4n) is 1.86. The normalized spacial score (nSPS) is 12.8. The molecule has 0 spiro atoms. The van der Waals surface area contributed by atoms with Crippen molar-refractivity contribution in [2.24, 2.45) is 7.05 Å². The van der Waals surface area contributed by atoms with Gasteiger partial charge in [0.05, 0.1) is 11.4 Å². The Labute approximate surface area is 108 Å². The molecule has 0 aliphatic heterocycles. The number of hydrogen-bond acceptors (Lipinski definition) is 6. The molecular formula is C11H12N6S. The Balaban J connectivity index is 1.93. The van der Waals surface area contributed by atoms with Crippen LogP contribution in [0.25, 0.3) is 10.2 Å². The number of rotatable bonds is 3. The van der Waals surface area contributed by atoms with E-state index in [0.29, 0.717) is 0 Å². The maximum atomic E-state index is 4.29. The lowest BCUT2D eigenvalue weighted by Crippen LogP contribution is -2.13. The zero-order chi connectivity index (χ0) is 12.5. The number of aromatic nitrogens is 5. The maximum Gasteiger partial charge on any atom is 0.154 e. The van der Waals surface area contributed by atoms with Crippen LogP contribution in [0.1, 0.15) is 18.8 Å². The minimum Gasteiger partial charge on any atom is -0.360 e. The molecule has 0 bridgehead atoms. The highest BCUT2D eigenvalue weighted by Crippen LogP contribution is 2.26. The molecule has 0 amide bonds. The molecule has 92 valence electrons. The van der Waals surface area contributed by atoms with Crippen LogP contribution < -0.4 is 5.32 Å². The molecule has 0 fully saturated rings. The van der Waals surface area contributed by atoms with E-state index in [1.807, 2.05) is 30.0 Å².